The molecule has 0 aromatic heterocycles. The molecule has 1 heterocycles. The zero-order chi connectivity index (χ0) is 23.5. The molecule has 1 fully saturated rings. The van der Waals surface area contributed by atoms with E-state index in [-0.39, 0.29) is 24.5 Å². The van der Waals surface area contributed by atoms with E-state index in [0.717, 1.165) is 12.1 Å². The fraction of sp³-hybridized carbons (Fsp3) is 0.409. The second-order valence-corrected chi connectivity index (χ2v) is 8.30. The maximum atomic E-state index is 13.3. The predicted octanol–water partition coefficient (Wildman–Crippen LogP) is 4.47. The maximum absolute atomic E-state index is 13.3. The van der Waals surface area contributed by atoms with Crippen LogP contribution in [0.1, 0.15) is 26.3 Å². The van der Waals surface area contributed by atoms with Gasteiger partial charge in [-0.25, -0.2) is 4.79 Å². The first-order chi connectivity index (χ1) is 14.9. The van der Waals surface area contributed by atoms with Crippen molar-refractivity contribution in [1.82, 2.24) is 4.90 Å². The van der Waals surface area contributed by atoms with Gasteiger partial charge in [-0.05, 0) is 45.0 Å². The zero-order valence-electron chi connectivity index (χ0n) is 17.8. The molecule has 1 aliphatic rings. The van der Waals surface area contributed by atoms with E-state index < -0.39 is 36.0 Å². The summed E-state index contributed by atoms with van der Waals surface area (Å²) in [6.07, 6.45) is -7.20. The Kier molecular flexibility index (Phi) is 6.73. The minimum Gasteiger partial charge on any atom is -0.487 e. The number of carbonyl (C=O) groups is 1. The van der Waals surface area contributed by atoms with E-state index in [1.54, 1.807) is 51.1 Å². The van der Waals surface area contributed by atoms with Crippen LogP contribution in [0.3, 0.4) is 0 Å². The Morgan fingerprint density at radius 1 is 1.09 bits per heavy atom. The van der Waals surface area contributed by atoms with Gasteiger partial charge in [-0.3, -0.25) is 0 Å². The third-order valence-corrected chi connectivity index (χ3v) is 4.32. The second kappa shape index (κ2) is 9.15. The topological polar surface area (TPSA) is 80.3 Å². The molecule has 1 unspecified atom stereocenters. The van der Waals surface area contributed by atoms with Crippen LogP contribution in [0, 0.1) is 0 Å². The Morgan fingerprint density at radius 3 is 2.34 bits per heavy atom. The van der Waals surface area contributed by atoms with Gasteiger partial charge in [-0.15, -0.1) is 0 Å². The number of aliphatic hydroxyl groups excluding tert-OH is 1. The first-order valence-corrected chi connectivity index (χ1v) is 9.92. The number of aliphatic hydroxyl groups is 1. The summed E-state index contributed by atoms with van der Waals surface area (Å²) in [6, 6.07) is 11.4. The van der Waals surface area contributed by atoms with Crippen LogP contribution in [0.25, 0.3) is 0 Å². The van der Waals surface area contributed by atoms with Crippen LogP contribution < -0.4 is 14.8 Å². The van der Waals surface area contributed by atoms with Gasteiger partial charge >= 0.3 is 12.3 Å². The van der Waals surface area contributed by atoms with Crippen LogP contribution in [0.4, 0.5) is 23.7 Å². The molecule has 0 saturated carbocycles. The molecule has 0 radical (unpaired) electrons. The summed E-state index contributed by atoms with van der Waals surface area (Å²) in [5.74, 6) is 0.288. The SMILES string of the molecule is CC(C)(C)OC(=O)N1CC(Oc2cc(NC(O)Oc3ccccc3)cc(C(F)(F)F)c2)C1. The summed E-state index contributed by atoms with van der Waals surface area (Å²) in [6.45, 7) is 5.60. The number of alkyl halides is 3. The van der Waals surface area contributed by atoms with Crippen LogP contribution in [0.2, 0.25) is 0 Å². The number of halogens is 3. The number of hydrogen-bond acceptors (Lipinski definition) is 6. The van der Waals surface area contributed by atoms with E-state index in [0.29, 0.717) is 5.75 Å². The van der Waals surface area contributed by atoms with Crippen molar-refractivity contribution in [1.29, 1.82) is 0 Å². The second-order valence-electron chi connectivity index (χ2n) is 8.30. The lowest BCUT2D eigenvalue weighted by Gasteiger charge is -2.39. The van der Waals surface area contributed by atoms with Gasteiger partial charge in [-0.2, -0.15) is 13.2 Å². The number of nitrogens with zero attached hydrogens (tertiary/aromatic N) is 1. The molecule has 0 bridgehead atoms. The highest BCUT2D eigenvalue weighted by atomic mass is 19.4. The van der Waals surface area contributed by atoms with E-state index >= 15 is 0 Å². The summed E-state index contributed by atoms with van der Waals surface area (Å²) < 4.78 is 56.1. The number of para-hydroxylation sites is 1. The largest absolute Gasteiger partial charge is 0.487 e. The Hall–Kier alpha value is -3.14. The van der Waals surface area contributed by atoms with Crippen LogP contribution >= 0.6 is 0 Å². The van der Waals surface area contributed by atoms with Crippen molar-refractivity contribution in [2.45, 2.75) is 45.1 Å². The Labute approximate surface area is 183 Å². The molecule has 1 saturated heterocycles. The number of anilines is 1. The molecule has 1 amide bonds. The van der Waals surface area contributed by atoms with Crippen molar-refractivity contribution >= 4 is 11.8 Å². The van der Waals surface area contributed by atoms with Gasteiger partial charge in [0.15, 0.2) is 0 Å². The lowest BCUT2D eigenvalue weighted by atomic mass is 10.1. The number of rotatable bonds is 6. The first-order valence-electron chi connectivity index (χ1n) is 9.92. The van der Waals surface area contributed by atoms with Gasteiger partial charge in [0.1, 0.15) is 23.2 Å². The highest BCUT2D eigenvalue weighted by molar-refractivity contribution is 5.69. The number of hydrogen-bond donors (Lipinski definition) is 2. The molecule has 7 nitrogen and oxygen atoms in total. The quantitative estimate of drug-likeness (QED) is 0.627. The third kappa shape index (κ3) is 6.68. The van der Waals surface area contributed by atoms with Gasteiger partial charge < -0.3 is 29.5 Å². The number of benzene rings is 2. The van der Waals surface area contributed by atoms with Crippen molar-refractivity contribution in [3.63, 3.8) is 0 Å². The summed E-state index contributed by atoms with van der Waals surface area (Å²) >= 11 is 0. The molecule has 2 aromatic carbocycles. The molecule has 1 atom stereocenters. The standard InChI is InChI=1S/C22H25F3N2O5/c1-21(2,3)32-20(29)27-12-18(13-27)30-17-10-14(22(23,24)25)9-15(11-17)26-19(28)31-16-7-5-4-6-8-16/h4-11,18-19,26,28H,12-13H2,1-3H3. The maximum Gasteiger partial charge on any atom is 0.416 e. The molecule has 2 N–H and O–H groups in total. The average molecular weight is 454 g/mol. The lowest BCUT2D eigenvalue weighted by molar-refractivity contribution is -0.137. The summed E-state index contributed by atoms with van der Waals surface area (Å²) in [5, 5.41) is 12.5. The molecule has 0 spiro atoms. The normalized spacial score (nSPS) is 15.5. The number of amides is 1. The van der Waals surface area contributed by atoms with Gasteiger partial charge in [0.25, 0.3) is 6.41 Å². The number of carbonyl (C=O) groups excluding carboxylic acids is 1. The van der Waals surface area contributed by atoms with Crippen molar-refractivity contribution in [2.75, 3.05) is 18.4 Å². The monoisotopic (exact) mass is 454 g/mol. The van der Waals surface area contributed by atoms with Crippen molar-refractivity contribution in [2.24, 2.45) is 0 Å². The van der Waals surface area contributed by atoms with E-state index in [1.807, 2.05) is 0 Å². The highest BCUT2D eigenvalue weighted by Crippen LogP contribution is 2.35. The minimum absolute atomic E-state index is 0.0402. The highest BCUT2D eigenvalue weighted by Gasteiger charge is 2.36. The summed E-state index contributed by atoms with van der Waals surface area (Å²) in [4.78, 5) is 13.4. The van der Waals surface area contributed by atoms with Crippen molar-refractivity contribution in [3.8, 4) is 11.5 Å². The fourth-order valence-electron chi connectivity index (χ4n) is 2.89. The molecular formula is C22H25F3N2O5. The van der Waals surface area contributed by atoms with Gasteiger partial charge in [0, 0.05) is 11.8 Å². The zero-order valence-corrected chi connectivity index (χ0v) is 17.8. The van der Waals surface area contributed by atoms with Crippen LogP contribution in [-0.2, 0) is 10.9 Å². The molecule has 32 heavy (non-hydrogen) atoms. The van der Waals surface area contributed by atoms with Crippen LogP contribution in [-0.4, -0.2) is 47.3 Å². The van der Waals surface area contributed by atoms with Gasteiger partial charge in [0.2, 0.25) is 0 Å². The van der Waals surface area contributed by atoms with E-state index in [2.05, 4.69) is 5.32 Å². The fourth-order valence-corrected chi connectivity index (χ4v) is 2.89. The molecule has 3 rings (SSSR count). The Morgan fingerprint density at radius 2 is 1.75 bits per heavy atom. The minimum atomic E-state index is -4.62. The Balaban J connectivity index is 1.65. The van der Waals surface area contributed by atoms with E-state index in [1.165, 1.54) is 11.0 Å². The van der Waals surface area contributed by atoms with Gasteiger partial charge in [-0.1, -0.05) is 18.2 Å². The average Bonchev–Trinajstić information content (AvgIpc) is 2.62. The molecule has 10 heteroatoms. The van der Waals surface area contributed by atoms with Crippen LogP contribution in [0.15, 0.2) is 48.5 Å². The Bertz CT molecular complexity index is 925. The molecule has 1 aliphatic heterocycles. The number of ether oxygens (including phenoxy) is 3. The van der Waals surface area contributed by atoms with Crippen LogP contribution in [0.5, 0.6) is 11.5 Å². The predicted molar refractivity (Wildman–Crippen MR) is 110 cm³/mol. The van der Waals surface area contributed by atoms with E-state index in [9.17, 15) is 23.1 Å². The van der Waals surface area contributed by atoms with Crippen molar-refractivity contribution in [3.05, 3.63) is 54.1 Å². The van der Waals surface area contributed by atoms with Gasteiger partial charge in [0.05, 0.1) is 18.7 Å². The molecule has 174 valence electrons. The number of likely N-dealkylation sites (tertiary alicyclic amines) is 1. The lowest BCUT2D eigenvalue weighted by Crippen LogP contribution is -2.57. The summed E-state index contributed by atoms with van der Waals surface area (Å²) in [7, 11) is 0. The third-order valence-electron chi connectivity index (χ3n) is 4.32. The van der Waals surface area contributed by atoms with E-state index in [4.69, 9.17) is 14.2 Å². The van der Waals surface area contributed by atoms with Crippen molar-refractivity contribution < 1.29 is 37.3 Å². The molecule has 2 aromatic rings. The molecular weight excluding hydrogens is 429 g/mol. The first kappa shape index (κ1) is 23.5. The smallest absolute Gasteiger partial charge is 0.416 e. The molecule has 0 aliphatic carbocycles. The number of nitrogens with one attached hydrogen (secondary N) is 1. The summed E-state index contributed by atoms with van der Waals surface area (Å²) in [5.41, 5.74) is -1.64.